The van der Waals surface area contributed by atoms with Crippen molar-refractivity contribution in [2.45, 2.75) is 44.9 Å². The molecule has 4 heteroatoms. The number of halogens is 1. The van der Waals surface area contributed by atoms with Crippen molar-refractivity contribution < 1.29 is 0 Å². The van der Waals surface area contributed by atoms with Crippen LogP contribution in [0.1, 0.15) is 49.5 Å². The van der Waals surface area contributed by atoms with Crippen molar-refractivity contribution in [2.75, 3.05) is 0 Å². The van der Waals surface area contributed by atoms with Gasteiger partial charge in [-0.3, -0.25) is 4.40 Å². The van der Waals surface area contributed by atoms with Crippen LogP contribution in [0.2, 0.25) is 5.15 Å². The van der Waals surface area contributed by atoms with Crippen LogP contribution in [0.4, 0.5) is 0 Å². The van der Waals surface area contributed by atoms with E-state index in [1.54, 1.807) is 6.20 Å². The van der Waals surface area contributed by atoms with Crippen molar-refractivity contribution in [1.29, 1.82) is 0 Å². The van der Waals surface area contributed by atoms with Gasteiger partial charge in [-0.05, 0) is 19.8 Å². The maximum absolute atomic E-state index is 6.14. The van der Waals surface area contributed by atoms with E-state index < -0.39 is 0 Å². The summed E-state index contributed by atoms with van der Waals surface area (Å²) in [6, 6.07) is 0. The van der Waals surface area contributed by atoms with Gasteiger partial charge in [0.05, 0.1) is 5.69 Å². The van der Waals surface area contributed by atoms with Gasteiger partial charge in [-0.15, -0.1) is 0 Å². The molecule has 2 heterocycles. The second-order valence-electron chi connectivity index (χ2n) is 4.83. The third-order valence-electron chi connectivity index (χ3n) is 3.68. The first kappa shape index (κ1) is 11.0. The Morgan fingerprint density at radius 3 is 2.82 bits per heavy atom. The zero-order valence-corrected chi connectivity index (χ0v) is 10.7. The largest absolute Gasteiger partial charge is 0.299 e. The van der Waals surface area contributed by atoms with Gasteiger partial charge in [0.25, 0.3) is 0 Å². The second kappa shape index (κ2) is 4.30. The van der Waals surface area contributed by atoms with E-state index in [0.29, 0.717) is 11.1 Å². The second-order valence-corrected chi connectivity index (χ2v) is 5.19. The van der Waals surface area contributed by atoms with E-state index in [1.807, 2.05) is 13.1 Å². The number of hydrogen-bond acceptors (Lipinski definition) is 2. The van der Waals surface area contributed by atoms with Gasteiger partial charge < -0.3 is 0 Å². The molecule has 3 rings (SSSR count). The maximum atomic E-state index is 6.14. The zero-order chi connectivity index (χ0) is 11.8. The van der Waals surface area contributed by atoms with Crippen LogP contribution in [0.5, 0.6) is 0 Å². The van der Waals surface area contributed by atoms with E-state index in [2.05, 4.69) is 9.38 Å². The molecule has 0 saturated heterocycles. The highest BCUT2D eigenvalue weighted by Crippen LogP contribution is 2.33. The van der Waals surface area contributed by atoms with Crippen LogP contribution in [0.3, 0.4) is 0 Å². The molecule has 2 aromatic rings. The normalized spacial score (nSPS) is 17.8. The number of hydrogen-bond donors (Lipinski definition) is 0. The highest BCUT2D eigenvalue weighted by atomic mass is 35.5. The van der Waals surface area contributed by atoms with Gasteiger partial charge in [0.15, 0.2) is 5.15 Å². The molecule has 1 saturated carbocycles. The summed E-state index contributed by atoms with van der Waals surface area (Å²) in [5.41, 5.74) is 1.96. The molecule has 17 heavy (non-hydrogen) atoms. The lowest BCUT2D eigenvalue weighted by atomic mass is 9.89. The molecule has 0 amide bonds. The third kappa shape index (κ3) is 1.82. The van der Waals surface area contributed by atoms with E-state index in [-0.39, 0.29) is 0 Å². The molecule has 0 unspecified atom stereocenters. The van der Waals surface area contributed by atoms with Crippen LogP contribution in [-0.4, -0.2) is 14.4 Å². The highest BCUT2D eigenvalue weighted by molar-refractivity contribution is 6.32. The molecule has 0 atom stereocenters. The topological polar surface area (TPSA) is 30.2 Å². The van der Waals surface area contributed by atoms with Crippen LogP contribution in [0.15, 0.2) is 12.4 Å². The minimum absolute atomic E-state index is 0.555. The van der Waals surface area contributed by atoms with Crippen LogP contribution in [0.25, 0.3) is 5.52 Å². The summed E-state index contributed by atoms with van der Waals surface area (Å²) in [7, 11) is 0. The van der Waals surface area contributed by atoms with Crippen LogP contribution in [0, 0.1) is 6.92 Å². The molecule has 0 radical (unpaired) electrons. The molecule has 0 aliphatic heterocycles. The smallest absolute Gasteiger partial charge is 0.154 e. The molecular weight excluding hydrogens is 234 g/mol. The maximum Gasteiger partial charge on any atom is 0.154 e. The van der Waals surface area contributed by atoms with Crippen molar-refractivity contribution in [1.82, 2.24) is 14.4 Å². The van der Waals surface area contributed by atoms with E-state index in [0.717, 1.165) is 11.2 Å². The SMILES string of the molecule is Cc1nc(C2CCCCC2)n2ccnc(Cl)c12. The first-order valence-electron chi connectivity index (χ1n) is 6.26. The average Bonchev–Trinajstić information content (AvgIpc) is 2.69. The molecule has 0 N–H and O–H groups in total. The molecule has 1 aliphatic carbocycles. The van der Waals surface area contributed by atoms with Crippen molar-refractivity contribution in [3.05, 3.63) is 29.1 Å². The van der Waals surface area contributed by atoms with Gasteiger partial charge >= 0.3 is 0 Å². The Morgan fingerprint density at radius 2 is 2.06 bits per heavy atom. The predicted octanol–water partition coefficient (Wildman–Crippen LogP) is 3.74. The van der Waals surface area contributed by atoms with Gasteiger partial charge in [-0.25, -0.2) is 9.97 Å². The van der Waals surface area contributed by atoms with Crippen molar-refractivity contribution in [2.24, 2.45) is 0 Å². The Labute approximate surface area is 106 Å². The average molecular weight is 250 g/mol. The molecule has 2 aromatic heterocycles. The summed E-state index contributed by atoms with van der Waals surface area (Å²) in [6.45, 7) is 2.01. The Bertz CT molecular complexity index is 541. The monoisotopic (exact) mass is 249 g/mol. The predicted molar refractivity (Wildman–Crippen MR) is 68.6 cm³/mol. The van der Waals surface area contributed by atoms with E-state index in [9.17, 15) is 0 Å². The molecule has 0 bridgehead atoms. The Hall–Kier alpha value is -1.09. The van der Waals surface area contributed by atoms with Crippen LogP contribution < -0.4 is 0 Å². The minimum atomic E-state index is 0.555. The quantitative estimate of drug-likeness (QED) is 0.771. The number of aryl methyl sites for hydroxylation is 1. The molecule has 90 valence electrons. The summed E-state index contributed by atoms with van der Waals surface area (Å²) < 4.78 is 2.13. The molecule has 3 nitrogen and oxygen atoms in total. The summed E-state index contributed by atoms with van der Waals surface area (Å²) in [6.07, 6.45) is 10.2. The molecule has 0 aromatic carbocycles. The molecular formula is C13H16ClN3. The van der Waals surface area contributed by atoms with Gasteiger partial charge in [0.2, 0.25) is 0 Å². The Kier molecular flexibility index (Phi) is 2.79. The van der Waals surface area contributed by atoms with Crippen molar-refractivity contribution in [3.8, 4) is 0 Å². The number of rotatable bonds is 1. The fourth-order valence-electron chi connectivity index (χ4n) is 2.84. The van der Waals surface area contributed by atoms with E-state index >= 15 is 0 Å². The van der Waals surface area contributed by atoms with Crippen molar-refractivity contribution >= 4 is 17.1 Å². The van der Waals surface area contributed by atoms with Crippen LogP contribution >= 0.6 is 11.6 Å². The highest BCUT2D eigenvalue weighted by Gasteiger charge is 2.21. The summed E-state index contributed by atoms with van der Waals surface area (Å²) in [4.78, 5) is 8.84. The van der Waals surface area contributed by atoms with Gasteiger partial charge in [0, 0.05) is 18.3 Å². The fraction of sp³-hybridized carbons (Fsp3) is 0.538. The number of fused-ring (bicyclic) bond motifs is 1. The summed E-state index contributed by atoms with van der Waals surface area (Å²) >= 11 is 6.14. The Morgan fingerprint density at radius 1 is 1.29 bits per heavy atom. The number of aromatic nitrogens is 3. The van der Waals surface area contributed by atoms with Gasteiger partial charge in [0.1, 0.15) is 11.3 Å². The lowest BCUT2D eigenvalue weighted by Crippen LogP contribution is -2.08. The number of imidazole rings is 1. The summed E-state index contributed by atoms with van der Waals surface area (Å²) in [5.74, 6) is 1.75. The minimum Gasteiger partial charge on any atom is -0.299 e. The molecule has 0 spiro atoms. The number of nitrogens with zero attached hydrogens (tertiary/aromatic N) is 3. The summed E-state index contributed by atoms with van der Waals surface area (Å²) in [5, 5.41) is 0.555. The first-order chi connectivity index (χ1) is 8.27. The first-order valence-corrected chi connectivity index (χ1v) is 6.64. The third-order valence-corrected chi connectivity index (χ3v) is 3.96. The lowest BCUT2D eigenvalue weighted by molar-refractivity contribution is 0.427. The van der Waals surface area contributed by atoms with Crippen molar-refractivity contribution in [3.63, 3.8) is 0 Å². The van der Waals surface area contributed by atoms with E-state index in [1.165, 1.54) is 37.9 Å². The zero-order valence-electron chi connectivity index (χ0n) is 9.99. The van der Waals surface area contributed by atoms with E-state index in [4.69, 9.17) is 16.6 Å². The van der Waals surface area contributed by atoms with Gasteiger partial charge in [-0.1, -0.05) is 30.9 Å². The molecule has 1 fully saturated rings. The van der Waals surface area contributed by atoms with Crippen LogP contribution in [-0.2, 0) is 0 Å². The Balaban J connectivity index is 2.13. The molecule has 1 aliphatic rings. The fourth-order valence-corrected chi connectivity index (χ4v) is 3.13. The standard InChI is InChI=1S/C13H16ClN3/c1-9-11-12(14)15-7-8-17(11)13(16-9)10-5-3-2-4-6-10/h7-8,10H,2-6H2,1H3. The van der Waals surface area contributed by atoms with Gasteiger partial charge in [-0.2, -0.15) is 0 Å². The lowest BCUT2D eigenvalue weighted by Gasteiger charge is -2.20.